The first-order chi connectivity index (χ1) is 10.1. The fraction of sp³-hybridized carbons (Fsp3) is 0.0667. The minimum atomic E-state index is -0.403. The average Bonchev–Trinajstić information content (AvgIpc) is 2.88. The van der Waals surface area contributed by atoms with Crippen molar-refractivity contribution in [1.29, 1.82) is 0 Å². The molecule has 3 aromatic rings. The van der Waals surface area contributed by atoms with Gasteiger partial charge in [0.15, 0.2) is 0 Å². The monoisotopic (exact) mass is 362 g/mol. The topological polar surface area (TPSA) is 55.2 Å². The molecule has 1 heterocycles. The van der Waals surface area contributed by atoms with Crippen molar-refractivity contribution in [2.24, 2.45) is 0 Å². The van der Waals surface area contributed by atoms with Crippen molar-refractivity contribution in [2.75, 3.05) is 5.32 Å². The number of hydrogen-bond donors (Lipinski definition) is 1. The molecule has 1 aromatic heterocycles. The second-order valence-corrected chi connectivity index (χ2v) is 6.30. The van der Waals surface area contributed by atoms with Gasteiger partial charge in [0, 0.05) is 23.0 Å². The van der Waals surface area contributed by atoms with E-state index in [1.165, 1.54) is 21.7 Å². The highest BCUT2D eigenvalue weighted by Crippen LogP contribution is 2.29. The van der Waals surface area contributed by atoms with Crippen LogP contribution in [-0.4, -0.2) is 4.92 Å². The van der Waals surface area contributed by atoms with Crippen LogP contribution in [-0.2, 0) is 6.54 Å². The van der Waals surface area contributed by atoms with E-state index in [1.54, 1.807) is 23.5 Å². The molecule has 0 spiro atoms. The van der Waals surface area contributed by atoms with Crippen LogP contribution in [0.4, 0.5) is 11.4 Å². The molecule has 1 N–H and O–H groups in total. The zero-order valence-corrected chi connectivity index (χ0v) is 13.3. The van der Waals surface area contributed by atoms with E-state index in [4.69, 9.17) is 0 Å². The number of nitro benzene ring substituents is 1. The zero-order chi connectivity index (χ0) is 14.8. The number of nitrogens with zero attached hydrogens (tertiary/aromatic N) is 1. The van der Waals surface area contributed by atoms with E-state index in [9.17, 15) is 10.1 Å². The van der Waals surface area contributed by atoms with Gasteiger partial charge in [-0.1, -0.05) is 18.2 Å². The molecule has 0 fully saturated rings. The van der Waals surface area contributed by atoms with Gasteiger partial charge in [0.05, 0.1) is 9.40 Å². The van der Waals surface area contributed by atoms with Gasteiger partial charge in [0.25, 0.3) is 5.69 Å². The van der Waals surface area contributed by atoms with Gasteiger partial charge in [0.1, 0.15) is 0 Å². The van der Waals surface area contributed by atoms with E-state index in [-0.39, 0.29) is 5.69 Å². The van der Waals surface area contributed by atoms with Gasteiger partial charge in [-0.05, 0) is 50.5 Å². The van der Waals surface area contributed by atoms with Crippen LogP contribution >= 0.6 is 27.3 Å². The van der Waals surface area contributed by atoms with Gasteiger partial charge in [-0.15, -0.1) is 11.3 Å². The van der Waals surface area contributed by atoms with E-state index in [0.717, 1.165) is 5.69 Å². The molecule has 0 amide bonds. The average molecular weight is 363 g/mol. The Kier molecular flexibility index (Phi) is 3.90. The molecule has 2 aromatic carbocycles. The molecule has 0 radical (unpaired) electrons. The Hall–Kier alpha value is -1.92. The van der Waals surface area contributed by atoms with Gasteiger partial charge in [0.2, 0.25) is 0 Å². The number of benzene rings is 2. The second-order valence-electron chi connectivity index (χ2n) is 4.53. The maximum atomic E-state index is 10.8. The van der Waals surface area contributed by atoms with E-state index in [2.05, 4.69) is 38.8 Å². The zero-order valence-electron chi connectivity index (χ0n) is 10.9. The molecule has 4 nitrogen and oxygen atoms in total. The lowest BCUT2D eigenvalue weighted by atomic mass is 10.2. The van der Waals surface area contributed by atoms with E-state index in [1.807, 2.05) is 12.1 Å². The molecule has 0 aliphatic carbocycles. The molecule has 0 aliphatic rings. The van der Waals surface area contributed by atoms with Crippen molar-refractivity contribution in [3.63, 3.8) is 0 Å². The SMILES string of the molecule is O=[N+]([O-])c1ccc(NCc2csc3ccccc23)cc1Br. The molecular weight excluding hydrogens is 352 g/mol. The van der Waals surface area contributed by atoms with Gasteiger partial charge in [-0.3, -0.25) is 10.1 Å². The summed E-state index contributed by atoms with van der Waals surface area (Å²) in [5.41, 5.74) is 2.15. The van der Waals surface area contributed by atoms with Gasteiger partial charge in [-0.25, -0.2) is 0 Å². The first kappa shape index (κ1) is 14.0. The number of nitro groups is 1. The largest absolute Gasteiger partial charge is 0.381 e. The maximum absolute atomic E-state index is 10.8. The Balaban J connectivity index is 1.79. The summed E-state index contributed by atoms with van der Waals surface area (Å²) in [4.78, 5) is 10.4. The first-order valence-electron chi connectivity index (χ1n) is 6.28. The number of anilines is 1. The molecule has 0 unspecified atom stereocenters. The smallest absolute Gasteiger partial charge is 0.283 e. The molecular formula is C15H11BrN2O2S. The normalized spacial score (nSPS) is 10.7. The highest BCUT2D eigenvalue weighted by molar-refractivity contribution is 9.10. The summed E-state index contributed by atoms with van der Waals surface area (Å²) in [6.07, 6.45) is 0. The van der Waals surface area contributed by atoms with Crippen LogP contribution in [0.15, 0.2) is 52.3 Å². The van der Waals surface area contributed by atoms with Crippen molar-refractivity contribution >= 4 is 48.7 Å². The van der Waals surface area contributed by atoms with Gasteiger partial charge in [-0.2, -0.15) is 0 Å². The maximum Gasteiger partial charge on any atom is 0.283 e. The van der Waals surface area contributed by atoms with Crippen LogP contribution in [0.3, 0.4) is 0 Å². The lowest BCUT2D eigenvalue weighted by Crippen LogP contribution is -1.99. The highest BCUT2D eigenvalue weighted by atomic mass is 79.9. The lowest BCUT2D eigenvalue weighted by Gasteiger charge is -2.06. The lowest BCUT2D eigenvalue weighted by molar-refractivity contribution is -0.385. The number of halogens is 1. The minimum absolute atomic E-state index is 0.0709. The van der Waals surface area contributed by atoms with E-state index >= 15 is 0 Å². The number of rotatable bonds is 4. The van der Waals surface area contributed by atoms with Crippen LogP contribution < -0.4 is 5.32 Å². The van der Waals surface area contributed by atoms with Gasteiger partial charge < -0.3 is 5.32 Å². The summed E-state index contributed by atoms with van der Waals surface area (Å²) in [5, 5.41) is 17.5. The minimum Gasteiger partial charge on any atom is -0.381 e. The fourth-order valence-corrected chi connectivity index (χ4v) is 3.62. The Bertz CT molecular complexity index is 816. The summed E-state index contributed by atoms with van der Waals surface area (Å²) in [5.74, 6) is 0. The van der Waals surface area contributed by atoms with E-state index < -0.39 is 4.92 Å². The molecule has 0 aliphatic heterocycles. The van der Waals surface area contributed by atoms with Gasteiger partial charge >= 0.3 is 0 Å². The third-order valence-corrected chi connectivity index (χ3v) is 4.84. The number of fused-ring (bicyclic) bond motifs is 1. The number of thiophene rings is 1. The molecule has 0 saturated carbocycles. The summed E-state index contributed by atoms with van der Waals surface area (Å²) in [6.45, 7) is 0.689. The summed E-state index contributed by atoms with van der Waals surface area (Å²) < 4.78 is 1.74. The molecule has 0 saturated heterocycles. The predicted molar refractivity (Wildman–Crippen MR) is 89.9 cm³/mol. The first-order valence-corrected chi connectivity index (χ1v) is 7.95. The third kappa shape index (κ3) is 2.91. The van der Waals surface area contributed by atoms with Crippen LogP contribution in [0.1, 0.15) is 5.56 Å². The van der Waals surface area contributed by atoms with Crippen LogP contribution in [0, 0.1) is 10.1 Å². The molecule has 3 rings (SSSR count). The second kappa shape index (κ2) is 5.83. The predicted octanol–water partition coefficient (Wildman–Crippen LogP) is 5.18. The fourth-order valence-electron chi connectivity index (χ4n) is 2.13. The van der Waals surface area contributed by atoms with Crippen molar-refractivity contribution in [2.45, 2.75) is 6.54 Å². The summed E-state index contributed by atoms with van der Waals surface area (Å²) >= 11 is 4.95. The van der Waals surface area contributed by atoms with Crippen molar-refractivity contribution in [1.82, 2.24) is 0 Å². The molecule has 106 valence electrons. The Morgan fingerprint density at radius 3 is 2.81 bits per heavy atom. The standard InChI is InChI=1S/C15H11BrN2O2S/c16-13-7-11(5-6-14(13)18(19)20)17-8-10-9-21-15-4-2-1-3-12(10)15/h1-7,9,17H,8H2. The van der Waals surface area contributed by atoms with Crippen molar-refractivity contribution < 1.29 is 4.92 Å². The van der Waals surface area contributed by atoms with Crippen LogP contribution in [0.5, 0.6) is 0 Å². The Labute approximate surface area is 133 Å². The van der Waals surface area contributed by atoms with Crippen LogP contribution in [0.2, 0.25) is 0 Å². The number of nitrogens with one attached hydrogen (secondary N) is 1. The van der Waals surface area contributed by atoms with Crippen molar-refractivity contribution in [3.8, 4) is 0 Å². The Morgan fingerprint density at radius 2 is 2.05 bits per heavy atom. The Morgan fingerprint density at radius 1 is 1.24 bits per heavy atom. The van der Waals surface area contributed by atoms with Crippen molar-refractivity contribution in [3.05, 3.63) is 68.0 Å². The quantitative estimate of drug-likeness (QED) is 0.513. The third-order valence-electron chi connectivity index (χ3n) is 3.19. The number of hydrogen-bond acceptors (Lipinski definition) is 4. The molecule has 0 atom stereocenters. The molecule has 21 heavy (non-hydrogen) atoms. The molecule has 0 bridgehead atoms. The highest BCUT2D eigenvalue weighted by Gasteiger charge is 2.11. The molecule has 6 heteroatoms. The van der Waals surface area contributed by atoms with Crippen LogP contribution in [0.25, 0.3) is 10.1 Å². The summed E-state index contributed by atoms with van der Waals surface area (Å²) in [7, 11) is 0. The summed E-state index contributed by atoms with van der Waals surface area (Å²) in [6, 6.07) is 13.2. The van der Waals surface area contributed by atoms with E-state index in [0.29, 0.717) is 11.0 Å².